The number of nitrogens with zero attached hydrogens (tertiary/aromatic N) is 5. The lowest BCUT2D eigenvalue weighted by atomic mass is 10.2. The standard InChI is InChI=1S/C25H21N5OS2/c1-17-9-11-19(12-10-17)32-16-22-20(15-29(2)18-6-5-13-26-14-18)24(31)30(28-22)25-27-21-7-3-4-8-23(21)33-25/h3-15H,16H2,1-2H3/b20-15+. The van der Waals surface area contributed by atoms with Crippen molar-refractivity contribution in [3.05, 3.63) is 90.4 Å². The van der Waals surface area contributed by atoms with Crippen molar-refractivity contribution < 1.29 is 4.79 Å². The summed E-state index contributed by atoms with van der Waals surface area (Å²) < 4.78 is 1.02. The second-order valence-electron chi connectivity index (χ2n) is 7.59. The van der Waals surface area contributed by atoms with E-state index in [0.717, 1.165) is 26.5 Å². The number of benzene rings is 2. The molecule has 33 heavy (non-hydrogen) atoms. The molecular formula is C25H21N5OS2. The van der Waals surface area contributed by atoms with Gasteiger partial charge in [0, 0.05) is 30.1 Å². The number of rotatable bonds is 6. The van der Waals surface area contributed by atoms with E-state index in [0.29, 0.717) is 16.5 Å². The van der Waals surface area contributed by atoms with Gasteiger partial charge in [-0.25, -0.2) is 4.98 Å². The zero-order chi connectivity index (χ0) is 22.8. The van der Waals surface area contributed by atoms with Crippen LogP contribution in [-0.4, -0.2) is 34.4 Å². The largest absolute Gasteiger partial charge is 0.349 e. The number of para-hydroxylation sites is 1. The summed E-state index contributed by atoms with van der Waals surface area (Å²) in [5.74, 6) is 0.396. The molecule has 4 aromatic rings. The molecule has 0 spiro atoms. The van der Waals surface area contributed by atoms with Crippen LogP contribution in [0.15, 0.2) is 94.8 Å². The average molecular weight is 472 g/mol. The van der Waals surface area contributed by atoms with Gasteiger partial charge < -0.3 is 4.90 Å². The Kier molecular flexibility index (Phi) is 5.93. The molecule has 0 unspecified atom stereocenters. The quantitative estimate of drug-likeness (QED) is 0.274. The highest BCUT2D eigenvalue weighted by atomic mass is 32.2. The number of aryl methyl sites for hydroxylation is 1. The molecule has 6 nitrogen and oxygen atoms in total. The Bertz CT molecular complexity index is 1330. The van der Waals surface area contributed by atoms with Crippen LogP contribution in [0.2, 0.25) is 0 Å². The third-order valence-electron chi connectivity index (χ3n) is 5.19. The summed E-state index contributed by atoms with van der Waals surface area (Å²) in [7, 11) is 1.91. The number of fused-ring (bicyclic) bond motifs is 1. The van der Waals surface area contributed by atoms with Crippen LogP contribution in [0.4, 0.5) is 10.8 Å². The number of thiazole rings is 1. The Morgan fingerprint density at radius 1 is 1.09 bits per heavy atom. The highest BCUT2D eigenvalue weighted by Gasteiger charge is 2.33. The van der Waals surface area contributed by atoms with E-state index in [1.165, 1.54) is 21.9 Å². The van der Waals surface area contributed by atoms with Crippen molar-refractivity contribution in [2.75, 3.05) is 22.7 Å². The van der Waals surface area contributed by atoms with E-state index in [9.17, 15) is 4.79 Å². The maximum Gasteiger partial charge on any atom is 0.284 e. The van der Waals surface area contributed by atoms with Gasteiger partial charge in [0.1, 0.15) is 0 Å². The number of aromatic nitrogens is 2. The van der Waals surface area contributed by atoms with Crippen LogP contribution in [-0.2, 0) is 4.79 Å². The van der Waals surface area contributed by atoms with Gasteiger partial charge in [0.2, 0.25) is 5.13 Å². The number of pyridine rings is 1. The van der Waals surface area contributed by atoms with Crippen LogP contribution < -0.4 is 9.91 Å². The first-order valence-corrected chi connectivity index (χ1v) is 12.2. The van der Waals surface area contributed by atoms with Gasteiger partial charge in [0.05, 0.1) is 33.4 Å². The van der Waals surface area contributed by atoms with Gasteiger partial charge in [0.15, 0.2) is 0 Å². The first-order chi connectivity index (χ1) is 16.1. The predicted octanol–water partition coefficient (Wildman–Crippen LogP) is 5.51. The van der Waals surface area contributed by atoms with E-state index in [-0.39, 0.29) is 5.91 Å². The van der Waals surface area contributed by atoms with Gasteiger partial charge in [-0.3, -0.25) is 9.78 Å². The molecule has 0 atom stereocenters. The molecule has 3 heterocycles. The van der Waals surface area contributed by atoms with Crippen molar-refractivity contribution in [1.82, 2.24) is 9.97 Å². The number of hydrogen-bond donors (Lipinski definition) is 0. The SMILES string of the molecule is Cc1ccc(SCC2=NN(c3nc4ccccc4s3)C(=O)/C2=C/N(C)c2cccnc2)cc1. The number of anilines is 2. The third kappa shape index (κ3) is 4.53. The minimum absolute atomic E-state index is 0.177. The maximum absolute atomic E-state index is 13.5. The average Bonchev–Trinajstić information content (AvgIpc) is 3.40. The fourth-order valence-electron chi connectivity index (χ4n) is 3.39. The lowest BCUT2D eigenvalue weighted by Gasteiger charge is -2.15. The number of amides is 1. The predicted molar refractivity (Wildman–Crippen MR) is 137 cm³/mol. The lowest BCUT2D eigenvalue weighted by Crippen LogP contribution is -2.23. The first-order valence-electron chi connectivity index (χ1n) is 10.4. The van der Waals surface area contributed by atoms with Crippen molar-refractivity contribution in [2.45, 2.75) is 11.8 Å². The smallest absolute Gasteiger partial charge is 0.284 e. The van der Waals surface area contributed by atoms with Crippen LogP contribution in [0.25, 0.3) is 10.2 Å². The molecule has 2 aromatic heterocycles. The lowest BCUT2D eigenvalue weighted by molar-refractivity contribution is -0.114. The monoisotopic (exact) mass is 471 g/mol. The summed E-state index contributed by atoms with van der Waals surface area (Å²) in [6, 6.07) is 20.0. The molecule has 1 aliphatic heterocycles. The van der Waals surface area contributed by atoms with Crippen LogP contribution in [0.1, 0.15) is 5.56 Å². The minimum atomic E-state index is -0.177. The molecule has 0 saturated heterocycles. The molecule has 0 fully saturated rings. The molecule has 0 bridgehead atoms. The molecule has 0 aliphatic carbocycles. The summed E-state index contributed by atoms with van der Waals surface area (Å²) >= 11 is 3.12. The number of hydrazone groups is 1. The van der Waals surface area contributed by atoms with Gasteiger partial charge in [0.25, 0.3) is 5.91 Å². The molecule has 164 valence electrons. The molecule has 1 aliphatic rings. The number of carbonyl (C=O) groups excluding carboxylic acids is 1. The highest BCUT2D eigenvalue weighted by Crippen LogP contribution is 2.33. The zero-order valence-electron chi connectivity index (χ0n) is 18.2. The zero-order valence-corrected chi connectivity index (χ0v) is 19.8. The van der Waals surface area contributed by atoms with Crippen molar-refractivity contribution >= 4 is 55.8 Å². The normalized spacial score (nSPS) is 14.8. The van der Waals surface area contributed by atoms with Crippen molar-refractivity contribution in [2.24, 2.45) is 5.10 Å². The summed E-state index contributed by atoms with van der Waals surface area (Å²) in [5, 5.41) is 6.72. The Morgan fingerprint density at radius 2 is 1.91 bits per heavy atom. The number of thioether (sulfide) groups is 1. The second-order valence-corrected chi connectivity index (χ2v) is 9.65. The van der Waals surface area contributed by atoms with Crippen LogP contribution in [0.5, 0.6) is 0 Å². The fourth-order valence-corrected chi connectivity index (χ4v) is 5.15. The minimum Gasteiger partial charge on any atom is -0.349 e. The van der Waals surface area contributed by atoms with E-state index < -0.39 is 0 Å². The Labute approximate surface area is 200 Å². The van der Waals surface area contributed by atoms with E-state index in [2.05, 4.69) is 41.2 Å². The van der Waals surface area contributed by atoms with Crippen molar-refractivity contribution in [3.63, 3.8) is 0 Å². The van der Waals surface area contributed by atoms with Crippen LogP contribution in [0, 0.1) is 6.92 Å². The Balaban J connectivity index is 1.48. The second kappa shape index (κ2) is 9.17. The van der Waals surface area contributed by atoms with Gasteiger partial charge in [-0.1, -0.05) is 41.2 Å². The van der Waals surface area contributed by atoms with E-state index in [1.807, 2.05) is 54.5 Å². The summed E-state index contributed by atoms with van der Waals surface area (Å²) in [6.45, 7) is 2.07. The molecule has 0 radical (unpaired) electrons. The molecule has 8 heteroatoms. The first kappa shape index (κ1) is 21.4. The van der Waals surface area contributed by atoms with Crippen molar-refractivity contribution in [1.29, 1.82) is 0 Å². The third-order valence-corrected chi connectivity index (χ3v) is 7.23. The molecule has 2 aromatic carbocycles. The fraction of sp³-hybridized carbons (Fsp3) is 0.120. The van der Waals surface area contributed by atoms with Gasteiger partial charge in [-0.2, -0.15) is 10.1 Å². The number of carbonyl (C=O) groups is 1. The van der Waals surface area contributed by atoms with E-state index in [1.54, 1.807) is 24.2 Å². The van der Waals surface area contributed by atoms with E-state index >= 15 is 0 Å². The maximum atomic E-state index is 13.5. The molecule has 5 rings (SSSR count). The van der Waals surface area contributed by atoms with Crippen LogP contribution in [0.3, 0.4) is 0 Å². The van der Waals surface area contributed by atoms with Gasteiger partial charge in [-0.05, 0) is 43.3 Å². The van der Waals surface area contributed by atoms with E-state index in [4.69, 9.17) is 5.10 Å². The van der Waals surface area contributed by atoms with Gasteiger partial charge in [-0.15, -0.1) is 11.8 Å². The topological polar surface area (TPSA) is 61.7 Å². The summed E-state index contributed by atoms with van der Waals surface area (Å²) in [6.07, 6.45) is 5.33. The van der Waals surface area contributed by atoms with Crippen LogP contribution >= 0.6 is 23.1 Å². The molecule has 0 saturated carbocycles. The molecular weight excluding hydrogens is 450 g/mol. The van der Waals surface area contributed by atoms with Crippen molar-refractivity contribution in [3.8, 4) is 0 Å². The summed E-state index contributed by atoms with van der Waals surface area (Å²) in [5.41, 5.74) is 4.25. The Hall–Kier alpha value is -3.49. The molecule has 0 N–H and O–H groups in total. The Morgan fingerprint density at radius 3 is 2.67 bits per heavy atom. The molecule has 1 amide bonds. The number of hydrogen-bond acceptors (Lipinski definition) is 7. The van der Waals surface area contributed by atoms with Gasteiger partial charge >= 0.3 is 0 Å². The highest BCUT2D eigenvalue weighted by molar-refractivity contribution is 8.00. The summed E-state index contributed by atoms with van der Waals surface area (Å²) in [4.78, 5) is 25.3.